The highest BCUT2D eigenvalue weighted by molar-refractivity contribution is 5.94. The highest BCUT2D eigenvalue weighted by Gasteiger charge is 2.24. The zero-order valence-corrected chi connectivity index (χ0v) is 18.6. The molecule has 4 aromatic rings. The number of carbonyl (C=O) groups is 1. The fraction of sp³-hybridized carbons (Fsp3) is 0.231. The van der Waals surface area contributed by atoms with E-state index in [0.717, 1.165) is 22.7 Å². The first-order chi connectivity index (χ1) is 16.1. The summed E-state index contributed by atoms with van der Waals surface area (Å²) < 4.78 is 19.6. The lowest BCUT2D eigenvalue weighted by Gasteiger charge is -2.29. The second kappa shape index (κ2) is 8.86. The molecular weight excluding hydrogens is 418 g/mol. The molecule has 0 saturated heterocycles. The lowest BCUT2D eigenvalue weighted by Crippen LogP contribution is -2.41. The summed E-state index contributed by atoms with van der Waals surface area (Å²) in [7, 11) is 1.77. The molecule has 0 fully saturated rings. The van der Waals surface area contributed by atoms with E-state index in [1.54, 1.807) is 36.2 Å². The SMILES string of the molecule is Cc1cccn2cc(COc3ccc(C(=O)N(C)CC4COc5ccccc5O4)cc3)nc12. The molecule has 1 unspecified atom stereocenters. The Labute approximate surface area is 192 Å². The number of pyridine rings is 1. The molecule has 2 aromatic heterocycles. The first-order valence-electron chi connectivity index (χ1n) is 10.9. The number of fused-ring (bicyclic) bond motifs is 2. The van der Waals surface area contributed by atoms with E-state index < -0.39 is 0 Å². The van der Waals surface area contributed by atoms with Crippen LogP contribution in [0.15, 0.2) is 73.1 Å². The van der Waals surface area contributed by atoms with Crippen LogP contribution in [0.3, 0.4) is 0 Å². The monoisotopic (exact) mass is 443 g/mol. The fourth-order valence-corrected chi connectivity index (χ4v) is 3.89. The van der Waals surface area contributed by atoms with E-state index in [2.05, 4.69) is 4.98 Å². The number of ether oxygens (including phenoxy) is 3. The number of hydrogen-bond acceptors (Lipinski definition) is 5. The zero-order chi connectivity index (χ0) is 22.8. The Bertz CT molecular complexity index is 1280. The van der Waals surface area contributed by atoms with Gasteiger partial charge in [-0.1, -0.05) is 18.2 Å². The zero-order valence-electron chi connectivity index (χ0n) is 18.6. The second-order valence-corrected chi connectivity index (χ2v) is 8.15. The van der Waals surface area contributed by atoms with Gasteiger partial charge in [0.2, 0.25) is 0 Å². The van der Waals surface area contributed by atoms with E-state index in [1.165, 1.54) is 0 Å². The van der Waals surface area contributed by atoms with Crippen LogP contribution < -0.4 is 14.2 Å². The number of para-hydroxylation sites is 2. The third-order valence-electron chi connectivity index (χ3n) is 5.61. The summed E-state index contributed by atoms with van der Waals surface area (Å²) in [6, 6.07) is 18.7. The summed E-state index contributed by atoms with van der Waals surface area (Å²) in [5.74, 6) is 2.04. The Hall–Kier alpha value is -4.00. The molecule has 1 amide bonds. The highest BCUT2D eigenvalue weighted by Crippen LogP contribution is 2.31. The first kappa shape index (κ1) is 20.9. The van der Waals surface area contributed by atoms with Crippen molar-refractivity contribution in [3.8, 4) is 17.2 Å². The normalized spacial score (nSPS) is 14.8. The van der Waals surface area contributed by atoms with E-state index in [9.17, 15) is 4.79 Å². The summed E-state index contributed by atoms with van der Waals surface area (Å²) in [4.78, 5) is 19.1. The van der Waals surface area contributed by atoms with Crippen molar-refractivity contribution < 1.29 is 19.0 Å². The van der Waals surface area contributed by atoms with Gasteiger partial charge in [0.25, 0.3) is 5.91 Å². The lowest BCUT2D eigenvalue weighted by atomic mass is 10.2. The van der Waals surface area contributed by atoms with Crippen molar-refractivity contribution in [3.05, 3.63) is 89.9 Å². The molecule has 1 atom stereocenters. The third-order valence-corrected chi connectivity index (χ3v) is 5.61. The minimum Gasteiger partial charge on any atom is -0.487 e. The molecule has 0 bridgehead atoms. The van der Waals surface area contributed by atoms with Crippen molar-refractivity contribution in [3.63, 3.8) is 0 Å². The smallest absolute Gasteiger partial charge is 0.253 e. The molecular formula is C26H25N3O4. The van der Waals surface area contributed by atoms with Crippen LogP contribution in [-0.4, -0.2) is 46.5 Å². The predicted molar refractivity (Wildman–Crippen MR) is 124 cm³/mol. The minimum atomic E-state index is -0.217. The molecule has 33 heavy (non-hydrogen) atoms. The molecule has 0 radical (unpaired) electrons. The summed E-state index contributed by atoms with van der Waals surface area (Å²) in [6.45, 7) is 3.23. The van der Waals surface area contributed by atoms with E-state index in [4.69, 9.17) is 14.2 Å². The number of aromatic nitrogens is 2. The second-order valence-electron chi connectivity index (χ2n) is 8.15. The van der Waals surface area contributed by atoms with E-state index in [1.807, 2.05) is 60.1 Å². The number of nitrogens with zero attached hydrogens (tertiary/aromatic N) is 3. The van der Waals surface area contributed by atoms with E-state index >= 15 is 0 Å². The number of amides is 1. The molecule has 0 saturated carbocycles. The number of benzene rings is 2. The van der Waals surface area contributed by atoms with Gasteiger partial charge in [0.15, 0.2) is 17.6 Å². The Morgan fingerprint density at radius 3 is 2.70 bits per heavy atom. The van der Waals surface area contributed by atoms with Crippen LogP contribution in [0.2, 0.25) is 0 Å². The molecule has 0 N–H and O–H groups in total. The van der Waals surface area contributed by atoms with Gasteiger partial charge in [-0.3, -0.25) is 4.79 Å². The van der Waals surface area contributed by atoms with Gasteiger partial charge >= 0.3 is 0 Å². The Kier molecular flexibility index (Phi) is 5.60. The number of rotatable bonds is 6. The van der Waals surface area contributed by atoms with Gasteiger partial charge in [-0.2, -0.15) is 0 Å². The number of imidazole rings is 1. The molecule has 1 aliphatic heterocycles. The molecule has 0 aliphatic carbocycles. The molecule has 0 spiro atoms. The quantitative estimate of drug-likeness (QED) is 0.448. The van der Waals surface area contributed by atoms with Crippen LogP contribution in [-0.2, 0) is 6.61 Å². The van der Waals surface area contributed by atoms with Crippen LogP contribution in [0, 0.1) is 6.92 Å². The lowest BCUT2D eigenvalue weighted by molar-refractivity contribution is 0.0521. The molecule has 168 valence electrons. The standard InChI is InChI=1S/C26H25N3O4/c1-18-6-5-13-29-14-20(27-25(18)29)16-31-21-11-9-19(10-12-21)26(30)28(2)15-22-17-32-23-7-3-4-8-24(23)33-22/h3-14,22H,15-17H2,1-2H3. The minimum absolute atomic E-state index is 0.0835. The summed E-state index contributed by atoms with van der Waals surface area (Å²) >= 11 is 0. The van der Waals surface area contributed by atoms with E-state index in [-0.39, 0.29) is 12.0 Å². The predicted octanol–water partition coefficient (Wildman–Crippen LogP) is 4.13. The molecule has 7 nitrogen and oxygen atoms in total. The Morgan fingerprint density at radius 1 is 1.12 bits per heavy atom. The van der Waals surface area contributed by atoms with Gasteiger partial charge in [0.05, 0.1) is 12.2 Å². The van der Waals surface area contributed by atoms with Crippen molar-refractivity contribution >= 4 is 11.6 Å². The van der Waals surface area contributed by atoms with Crippen molar-refractivity contribution in [1.82, 2.24) is 14.3 Å². The maximum Gasteiger partial charge on any atom is 0.253 e. The molecule has 7 heteroatoms. The average molecular weight is 444 g/mol. The third kappa shape index (κ3) is 4.48. The van der Waals surface area contributed by atoms with E-state index in [0.29, 0.717) is 36.8 Å². The number of likely N-dealkylation sites (N-methyl/N-ethyl adjacent to an activating group) is 1. The van der Waals surface area contributed by atoms with Crippen molar-refractivity contribution in [2.75, 3.05) is 20.2 Å². The molecule has 1 aliphatic rings. The number of hydrogen-bond donors (Lipinski definition) is 0. The molecule has 2 aromatic carbocycles. The van der Waals surface area contributed by atoms with Crippen LogP contribution in [0.4, 0.5) is 0 Å². The number of aryl methyl sites for hydroxylation is 1. The maximum atomic E-state index is 12.9. The Morgan fingerprint density at radius 2 is 1.91 bits per heavy atom. The van der Waals surface area contributed by atoms with Crippen LogP contribution >= 0.6 is 0 Å². The summed E-state index contributed by atoms with van der Waals surface area (Å²) in [6.07, 6.45) is 3.72. The van der Waals surface area contributed by atoms with Gasteiger partial charge in [0, 0.05) is 25.0 Å². The molecule has 3 heterocycles. The highest BCUT2D eigenvalue weighted by atomic mass is 16.6. The van der Waals surface area contributed by atoms with Gasteiger partial charge in [-0.15, -0.1) is 0 Å². The van der Waals surface area contributed by atoms with Gasteiger partial charge in [-0.25, -0.2) is 4.98 Å². The van der Waals surface area contributed by atoms with Gasteiger partial charge < -0.3 is 23.5 Å². The Balaban J connectivity index is 1.17. The van der Waals surface area contributed by atoms with Gasteiger partial charge in [-0.05, 0) is 55.0 Å². The van der Waals surface area contributed by atoms with Crippen molar-refractivity contribution in [2.24, 2.45) is 0 Å². The van der Waals surface area contributed by atoms with Crippen molar-refractivity contribution in [2.45, 2.75) is 19.6 Å². The maximum absolute atomic E-state index is 12.9. The average Bonchev–Trinajstić information content (AvgIpc) is 3.27. The fourth-order valence-electron chi connectivity index (χ4n) is 3.89. The van der Waals surface area contributed by atoms with Crippen LogP contribution in [0.25, 0.3) is 5.65 Å². The summed E-state index contributed by atoms with van der Waals surface area (Å²) in [5.41, 5.74) is 3.48. The van der Waals surface area contributed by atoms with Crippen LogP contribution in [0.5, 0.6) is 17.2 Å². The summed E-state index contributed by atoms with van der Waals surface area (Å²) in [5, 5.41) is 0. The largest absolute Gasteiger partial charge is 0.487 e. The number of carbonyl (C=O) groups excluding carboxylic acids is 1. The van der Waals surface area contributed by atoms with Crippen molar-refractivity contribution in [1.29, 1.82) is 0 Å². The first-order valence-corrected chi connectivity index (χ1v) is 10.9. The molecule has 5 rings (SSSR count). The van der Waals surface area contributed by atoms with Gasteiger partial charge in [0.1, 0.15) is 24.6 Å². The topological polar surface area (TPSA) is 65.3 Å². The van der Waals surface area contributed by atoms with Crippen LogP contribution in [0.1, 0.15) is 21.6 Å².